The molecule has 0 unspecified atom stereocenters. The highest BCUT2D eigenvalue weighted by atomic mass is 16.4. The summed E-state index contributed by atoms with van der Waals surface area (Å²) in [4.78, 5) is 38.1. The molecule has 5 heteroatoms. The molecule has 1 amide bonds. The SMILES string of the molecule is CCc1ccc(C(=O)CCC(=O)N2C[C@@H]3CCC[C@@]3(C(=O)O)C2)cc1. The maximum absolute atomic E-state index is 12.5. The van der Waals surface area contributed by atoms with E-state index >= 15 is 0 Å². The quantitative estimate of drug-likeness (QED) is 0.806. The molecule has 2 aliphatic rings. The fourth-order valence-electron chi connectivity index (χ4n) is 4.28. The minimum atomic E-state index is -0.780. The van der Waals surface area contributed by atoms with Crippen LogP contribution in [0.2, 0.25) is 0 Å². The van der Waals surface area contributed by atoms with Crippen molar-refractivity contribution in [3.63, 3.8) is 0 Å². The summed E-state index contributed by atoms with van der Waals surface area (Å²) in [6.45, 7) is 2.88. The van der Waals surface area contributed by atoms with E-state index in [-0.39, 0.29) is 30.4 Å². The van der Waals surface area contributed by atoms with Crippen molar-refractivity contribution in [1.82, 2.24) is 4.90 Å². The first-order chi connectivity index (χ1) is 12.0. The van der Waals surface area contributed by atoms with Gasteiger partial charge in [0.25, 0.3) is 0 Å². The first-order valence-corrected chi connectivity index (χ1v) is 9.09. The van der Waals surface area contributed by atoms with Crippen LogP contribution in [-0.4, -0.2) is 40.8 Å². The van der Waals surface area contributed by atoms with Gasteiger partial charge in [0, 0.05) is 31.5 Å². The number of hydrogen-bond acceptors (Lipinski definition) is 3. The summed E-state index contributed by atoms with van der Waals surface area (Å²) in [5, 5.41) is 9.59. The standard InChI is InChI=1S/C20H25NO4/c1-2-14-5-7-15(8-6-14)17(22)9-10-18(23)21-12-16-4-3-11-20(16,13-21)19(24)25/h5-8,16H,2-4,9-13H2,1H3,(H,24,25)/t16-,20+/m0/s1. The molecule has 1 N–H and O–H groups in total. The van der Waals surface area contributed by atoms with E-state index < -0.39 is 11.4 Å². The highest BCUT2D eigenvalue weighted by Gasteiger charge is 2.55. The van der Waals surface area contributed by atoms with Crippen LogP contribution in [-0.2, 0) is 16.0 Å². The molecule has 1 aromatic carbocycles. The third kappa shape index (κ3) is 3.32. The molecule has 1 aliphatic carbocycles. The summed E-state index contributed by atoms with van der Waals surface area (Å²) in [6, 6.07) is 7.50. The number of aliphatic carboxylic acids is 1. The van der Waals surface area contributed by atoms with Crippen LogP contribution in [0.25, 0.3) is 0 Å². The van der Waals surface area contributed by atoms with Crippen LogP contribution < -0.4 is 0 Å². The van der Waals surface area contributed by atoms with Gasteiger partial charge in [-0.1, -0.05) is 37.6 Å². The predicted molar refractivity (Wildman–Crippen MR) is 93.4 cm³/mol. The minimum Gasteiger partial charge on any atom is -0.481 e. The number of fused-ring (bicyclic) bond motifs is 1. The van der Waals surface area contributed by atoms with Gasteiger partial charge in [-0.05, 0) is 30.7 Å². The average Bonchev–Trinajstić information content (AvgIpc) is 3.18. The van der Waals surface area contributed by atoms with Crippen LogP contribution in [0.1, 0.15) is 54.9 Å². The van der Waals surface area contributed by atoms with Gasteiger partial charge in [-0.25, -0.2) is 0 Å². The van der Waals surface area contributed by atoms with E-state index in [0.717, 1.165) is 19.3 Å². The molecule has 1 saturated carbocycles. The summed E-state index contributed by atoms with van der Waals surface area (Å²) in [5.74, 6) is -0.861. The monoisotopic (exact) mass is 343 g/mol. The molecule has 1 aromatic rings. The fourth-order valence-corrected chi connectivity index (χ4v) is 4.28. The number of aryl methyl sites for hydroxylation is 1. The van der Waals surface area contributed by atoms with Crippen molar-refractivity contribution in [1.29, 1.82) is 0 Å². The molecule has 0 bridgehead atoms. The molecule has 0 radical (unpaired) electrons. The maximum Gasteiger partial charge on any atom is 0.311 e. The van der Waals surface area contributed by atoms with Gasteiger partial charge in [-0.2, -0.15) is 0 Å². The Balaban J connectivity index is 1.56. The van der Waals surface area contributed by atoms with Crippen molar-refractivity contribution < 1.29 is 19.5 Å². The third-order valence-electron chi connectivity index (χ3n) is 5.90. The predicted octanol–water partition coefficient (Wildman–Crippen LogP) is 2.93. The number of carbonyl (C=O) groups excluding carboxylic acids is 2. The van der Waals surface area contributed by atoms with Gasteiger partial charge in [0.2, 0.25) is 5.91 Å². The molecule has 0 spiro atoms. The Morgan fingerprint density at radius 3 is 2.52 bits per heavy atom. The normalized spacial score (nSPS) is 25.0. The van der Waals surface area contributed by atoms with Gasteiger partial charge in [-0.15, -0.1) is 0 Å². The Labute approximate surface area is 148 Å². The van der Waals surface area contributed by atoms with Crippen LogP contribution in [0.3, 0.4) is 0 Å². The van der Waals surface area contributed by atoms with Crippen molar-refractivity contribution in [3.05, 3.63) is 35.4 Å². The largest absolute Gasteiger partial charge is 0.481 e. The molecular formula is C20H25NO4. The average molecular weight is 343 g/mol. The maximum atomic E-state index is 12.5. The van der Waals surface area contributed by atoms with E-state index in [2.05, 4.69) is 6.92 Å². The number of rotatable bonds is 6. The van der Waals surface area contributed by atoms with E-state index in [1.165, 1.54) is 5.56 Å². The number of hydrogen-bond donors (Lipinski definition) is 1. The second-order valence-corrected chi connectivity index (χ2v) is 7.30. The van der Waals surface area contributed by atoms with E-state index in [4.69, 9.17) is 0 Å². The first kappa shape index (κ1) is 17.6. The van der Waals surface area contributed by atoms with Crippen molar-refractivity contribution >= 4 is 17.7 Å². The van der Waals surface area contributed by atoms with E-state index in [1.54, 1.807) is 4.90 Å². The molecule has 25 heavy (non-hydrogen) atoms. The van der Waals surface area contributed by atoms with Gasteiger partial charge >= 0.3 is 5.97 Å². The topological polar surface area (TPSA) is 74.7 Å². The molecular weight excluding hydrogens is 318 g/mol. The molecule has 2 fully saturated rings. The summed E-state index contributed by atoms with van der Waals surface area (Å²) >= 11 is 0. The number of ketones is 1. The molecule has 1 aliphatic heterocycles. The van der Waals surface area contributed by atoms with Gasteiger partial charge in [-0.3, -0.25) is 14.4 Å². The highest BCUT2D eigenvalue weighted by Crippen LogP contribution is 2.49. The van der Waals surface area contributed by atoms with Gasteiger partial charge in [0.1, 0.15) is 0 Å². The summed E-state index contributed by atoms with van der Waals surface area (Å²) in [6.07, 6.45) is 3.69. The molecule has 3 rings (SSSR count). The van der Waals surface area contributed by atoms with Gasteiger partial charge < -0.3 is 10.0 Å². The Bertz CT molecular complexity index is 681. The molecule has 1 heterocycles. The zero-order chi connectivity index (χ0) is 18.0. The second-order valence-electron chi connectivity index (χ2n) is 7.30. The van der Waals surface area contributed by atoms with Crippen molar-refractivity contribution in [2.45, 2.75) is 45.4 Å². The van der Waals surface area contributed by atoms with Crippen molar-refractivity contribution in [2.75, 3.05) is 13.1 Å². The zero-order valence-electron chi connectivity index (χ0n) is 14.7. The highest BCUT2D eigenvalue weighted by molar-refractivity contribution is 5.98. The molecule has 134 valence electrons. The lowest BCUT2D eigenvalue weighted by Gasteiger charge is -2.23. The van der Waals surface area contributed by atoms with Crippen LogP contribution in [0.15, 0.2) is 24.3 Å². The van der Waals surface area contributed by atoms with E-state index in [9.17, 15) is 19.5 Å². The van der Waals surface area contributed by atoms with Crippen LogP contribution in [0.4, 0.5) is 0 Å². The first-order valence-electron chi connectivity index (χ1n) is 9.09. The minimum absolute atomic E-state index is 0.0386. The molecule has 0 aromatic heterocycles. The molecule has 1 saturated heterocycles. The second kappa shape index (κ2) is 6.98. The van der Waals surface area contributed by atoms with Gasteiger partial charge in [0.15, 0.2) is 5.78 Å². The lowest BCUT2D eigenvalue weighted by atomic mass is 9.81. The molecule has 5 nitrogen and oxygen atoms in total. The van der Waals surface area contributed by atoms with E-state index in [0.29, 0.717) is 25.1 Å². The van der Waals surface area contributed by atoms with E-state index in [1.807, 2.05) is 24.3 Å². The summed E-state index contributed by atoms with van der Waals surface area (Å²) < 4.78 is 0. The number of benzene rings is 1. The number of carboxylic acids is 1. The summed E-state index contributed by atoms with van der Waals surface area (Å²) in [7, 11) is 0. The fraction of sp³-hybridized carbons (Fsp3) is 0.550. The number of amides is 1. The van der Waals surface area contributed by atoms with Crippen LogP contribution in [0, 0.1) is 11.3 Å². The van der Waals surface area contributed by atoms with Crippen LogP contribution in [0.5, 0.6) is 0 Å². The lowest BCUT2D eigenvalue weighted by molar-refractivity contribution is -0.149. The van der Waals surface area contributed by atoms with Crippen molar-refractivity contribution in [2.24, 2.45) is 11.3 Å². The number of nitrogens with zero attached hydrogens (tertiary/aromatic N) is 1. The lowest BCUT2D eigenvalue weighted by Crippen LogP contribution is -2.37. The smallest absolute Gasteiger partial charge is 0.311 e. The van der Waals surface area contributed by atoms with Crippen molar-refractivity contribution in [3.8, 4) is 0 Å². The van der Waals surface area contributed by atoms with Crippen LogP contribution >= 0.6 is 0 Å². The Hall–Kier alpha value is -2.17. The Morgan fingerprint density at radius 2 is 1.92 bits per heavy atom. The Morgan fingerprint density at radius 1 is 1.20 bits per heavy atom. The number of carbonyl (C=O) groups is 3. The number of likely N-dealkylation sites (tertiary alicyclic amines) is 1. The van der Waals surface area contributed by atoms with Gasteiger partial charge in [0.05, 0.1) is 5.41 Å². The molecule has 2 atom stereocenters. The summed E-state index contributed by atoms with van der Waals surface area (Å²) in [5.41, 5.74) is 1.05. The Kier molecular flexibility index (Phi) is 4.93. The zero-order valence-corrected chi connectivity index (χ0v) is 14.7. The number of carboxylic acid groups (broad SMARTS) is 1. The third-order valence-corrected chi connectivity index (χ3v) is 5.90. The number of Topliss-reactive ketones (excluding diaryl/α,β-unsaturated/α-hetero) is 1.